The van der Waals surface area contributed by atoms with Gasteiger partial charge in [0.1, 0.15) is 6.54 Å². The summed E-state index contributed by atoms with van der Waals surface area (Å²) in [5.74, 6) is 0.538. The van der Waals surface area contributed by atoms with Gasteiger partial charge in [-0.1, -0.05) is 42.5 Å². The zero-order valence-corrected chi connectivity index (χ0v) is 16.3. The second-order valence-electron chi connectivity index (χ2n) is 6.49. The maximum Gasteiger partial charge on any atom is 0.291 e. The quantitative estimate of drug-likeness (QED) is 0.611. The topological polar surface area (TPSA) is 64.5 Å². The van der Waals surface area contributed by atoms with Gasteiger partial charge in [0.05, 0.1) is 13.5 Å². The van der Waals surface area contributed by atoms with Crippen LogP contribution in [0.3, 0.4) is 0 Å². The first kappa shape index (κ1) is 19.0. The van der Waals surface area contributed by atoms with Crippen LogP contribution < -0.4 is 10.2 Å². The molecule has 1 atom stereocenters. The Morgan fingerprint density at radius 2 is 1.85 bits per heavy atom. The first-order valence-electron chi connectivity index (χ1n) is 8.78. The molecule has 0 bridgehead atoms. The molecule has 2 aromatic carbocycles. The van der Waals surface area contributed by atoms with Crippen LogP contribution in [0, 0.1) is 4.84 Å². The third-order valence-corrected chi connectivity index (χ3v) is 4.51. The van der Waals surface area contributed by atoms with E-state index in [-0.39, 0.29) is 5.91 Å². The monoisotopic (exact) mass is 383 g/mol. The van der Waals surface area contributed by atoms with E-state index >= 15 is 0 Å². The van der Waals surface area contributed by atoms with Crippen molar-refractivity contribution in [3.05, 3.63) is 82.0 Å². The molecule has 1 amide bonds. The van der Waals surface area contributed by atoms with E-state index in [0.717, 1.165) is 17.7 Å². The van der Waals surface area contributed by atoms with Crippen molar-refractivity contribution in [3.63, 3.8) is 0 Å². The largest absolute Gasteiger partial charge is 0.413 e. The fourth-order valence-electron chi connectivity index (χ4n) is 2.87. The molecule has 1 aromatic heterocycles. The molecule has 0 saturated carbocycles. The predicted molar refractivity (Wildman–Crippen MR) is 105 cm³/mol. The fraction of sp³-hybridized carbons (Fsp3) is 0.250. The van der Waals surface area contributed by atoms with Gasteiger partial charge in [0.15, 0.2) is 6.67 Å². The molecule has 0 radical (unpaired) electrons. The van der Waals surface area contributed by atoms with Gasteiger partial charge in [-0.3, -0.25) is 4.79 Å². The summed E-state index contributed by atoms with van der Waals surface area (Å²) in [6, 6.07) is 17.7. The highest BCUT2D eigenvalue weighted by molar-refractivity contribution is 7.71. The molecule has 7 heteroatoms. The molecule has 0 fully saturated rings. The SMILES string of the molecule is CNC(=O)c1ccc(C[NH+](C)Cn2nc(Cc3ccccc3)oc2=S)cc1. The van der Waals surface area contributed by atoms with Gasteiger partial charge < -0.3 is 14.6 Å². The average molecular weight is 383 g/mol. The van der Waals surface area contributed by atoms with Gasteiger partial charge in [0.2, 0.25) is 5.89 Å². The lowest BCUT2D eigenvalue weighted by Gasteiger charge is -2.13. The summed E-state index contributed by atoms with van der Waals surface area (Å²) in [6.07, 6.45) is 0.623. The highest BCUT2D eigenvalue weighted by Gasteiger charge is 2.11. The summed E-state index contributed by atoms with van der Waals surface area (Å²) in [4.78, 5) is 13.2. The van der Waals surface area contributed by atoms with Crippen LogP contribution in [-0.4, -0.2) is 29.8 Å². The maximum atomic E-state index is 11.6. The van der Waals surface area contributed by atoms with Crippen LogP contribution in [-0.2, 0) is 19.6 Å². The van der Waals surface area contributed by atoms with Gasteiger partial charge >= 0.3 is 0 Å². The summed E-state index contributed by atoms with van der Waals surface area (Å²) in [7, 11) is 3.70. The summed E-state index contributed by atoms with van der Waals surface area (Å²) < 4.78 is 7.36. The van der Waals surface area contributed by atoms with Crippen LogP contribution in [0.4, 0.5) is 0 Å². The van der Waals surface area contributed by atoms with Crippen LogP contribution in [0.25, 0.3) is 0 Å². The lowest BCUT2D eigenvalue weighted by Crippen LogP contribution is -3.07. The van der Waals surface area contributed by atoms with Gasteiger partial charge in [-0.05, 0) is 29.9 Å². The maximum absolute atomic E-state index is 11.6. The molecular weight excluding hydrogens is 360 g/mol. The predicted octanol–water partition coefficient (Wildman–Crippen LogP) is 1.83. The first-order valence-corrected chi connectivity index (χ1v) is 9.19. The number of carbonyl (C=O) groups is 1. The zero-order chi connectivity index (χ0) is 19.2. The number of hydrogen-bond donors (Lipinski definition) is 2. The van der Waals surface area contributed by atoms with E-state index in [2.05, 4.69) is 17.5 Å². The van der Waals surface area contributed by atoms with E-state index in [0.29, 0.717) is 29.4 Å². The highest BCUT2D eigenvalue weighted by atomic mass is 32.1. The minimum Gasteiger partial charge on any atom is -0.413 e. The van der Waals surface area contributed by atoms with Gasteiger partial charge in [0.25, 0.3) is 10.7 Å². The van der Waals surface area contributed by atoms with E-state index in [1.165, 1.54) is 4.90 Å². The summed E-state index contributed by atoms with van der Waals surface area (Å²) in [5.41, 5.74) is 2.93. The lowest BCUT2D eigenvalue weighted by molar-refractivity contribution is -0.917. The van der Waals surface area contributed by atoms with E-state index in [9.17, 15) is 4.79 Å². The highest BCUT2D eigenvalue weighted by Crippen LogP contribution is 2.08. The molecule has 27 heavy (non-hydrogen) atoms. The van der Waals surface area contributed by atoms with Crippen LogP contribution in [0.1, 0.15) is 27.4 Å². The third-order valence-electron chi connectivity index (χ3n) is 4.22. The van der Waals surface area contributed by atoms with Gasteiger partial charge in [-0.25, -0.2) is 0 Å². The second kappa shape index (κ2) is 8.75. The molecule has 0 aliphatic rings. The molecule has 0 saturated heterocycles. The van der Waals surface area contributed by atoms with Crippen molar-refractivity contribution >= 4 is 18.1 Å². The van der Waals surface area contributed by atoms with Gasteiger partial charge in [0, 0.05) is 18.2 Å². The Balaban J connectivity index is 1.61. The van der Waals surface area contributed by atoms with Crippen molar-refractivity contribution in [1.29, 1.82) is 0 Å². The summed E-state index contributed by atoms with van der Waals surface area (Å²) >= 11 is 5.31. The number of hydrogen-bond acceptors (Lipinski definition) is 4. The Labute approximate surface area is 163 Å². The molecule has 0 spiro atoms. The molecular formula is C20H23N4O2S+. The van der Waals surface area contributed by atoms with Crippen molar-refractivity contribution in [3.8, 4) is 0 Å². The van der Waals surface area contributed by atoms with Gasteiger partial charge in [-0.15, -0.1) is 5.10 Å². The smallest absolute Gasteiger partial charge is 0.291 e. The second-order valence-corrected chi connectivity index (χ2v) is 6.84. The molecule has 2 N–H and O–H groups in total. The first-order chi connectivity index (χ1) is 13.0. The van der Waals surface area contributed by atoms with Gasteiger partial charge in [-0.2, -0.15) is 4.68 Å². The Morgan fingerprint density at radius 3 is 2.52 bits per heavy atom. The Bertz CT molecular complexity index is 948. The van der Waals surface area contributed by atoms with E-state index in [1.807, 2.05) is 54.6 Å². The molecule has 6 nitrogen and oxygen atoms in total. The van der Waals surface area contributed by atoms with E-state index < -0.39 is 0 Å². The van der Waals surface area contributed by atoms with Crippen molar-refractivity contribution in [2.45, 2.75) is 19.6 Å². The van der Waals surface area contributed by atoms with Crippen LogP contribution in [0.2, 0.25) is 0 Å². The van der Waals surface area contributed by atoms with Crippen LogP contribution >= 0.6 is 12.2 Å². The number of rotatable bonds is 7. The Hall–Kier alpha value is -2.77. The minimum absolute atomic E-state index is 0.0814. The molecule has 1 unspecified atom stereocenters. The van der Waals surface area contributed by atoms with Crippen LogP contribution in [0.15, 0.2) is 59.0 Å². The standard InChI is InChI=1S/C20H22N4O2S/c1-21-19(25)17-10-8-16(9-11-17)13-23(2)14-24-20(27)26-18(22-24)12-15-6-4-3-5-7-15/h3-11H,12-14H2,1-2H3,(H,21,25)/p+1. The van der Waals surface area contributed by atoms with Crippen molar-refractivity contribution < 1.29 is 14.1 Å². The number of nitrogens with zero attached hydrogens (tertiary/aromatic N) is 2. The van der Waals surface area contributed by atoms with Crippen LogP contribution in [0.5, 0.6) is 0 Å². The van der Waals surface area contributed by atoms with E-state index in [4.69, 9.17) is 16.6 Å². The molecule has 0 aliphatic heterocycles. The minimum atomic E-state index is -0.0814. The molecule has 140 valence electrons. The van der Waals surface area contributed by atoms with Crippen molar-refractivity contribution in [2.24, 2.45) is 0 Å². The molecule has 0 aliphatic carbocycles. The number of amides is 1. The number of quaternary nitrogens is 1. The summed E-state index contributed by atoms with van der Waals surface area (Å²) in [6.45, 7) is 1.39. The fourth-order valence-corrected chi connectivity index (χ4v) is 3.07. The molecule has 3 rings (SSSR count). The number of nitrogens with one attached hydrogen (secondary N) is 2. The zero-order valence-electron chi connectivity index (χ0n) is 15.4. The Morgan fingerprint density at radius 1 is 1.15 bits per heavy atom. The summed E-state index contributed by atoms with van der Waals surface area (Å²) in [5, 5.41) is 7.13. The molecule has 1 heterocycles. The normalized spacial score (nSPS) is 11.9. The van der Waals surface area contributed by atoms with Crippen molar-refractivity contribution in [2.75, 3.05) is 14.1 Å². The molecule has 3 aromatic rings. The number of carbonyl (C=O) groups excluding carboxylic acids is 1. The average Bonchev–Trinajstić information content (AvgIpc) is 3.01. The van der Waals surface area contributed by atoms with E-state index in [1.54, 1.807) is 11.7 Å². The Kier molecular flexibility index (Phi) is 6.16. The third kappa shape index (κ3) is 5.12. The number of benzene rings is 2. The van der Waals surface area contributed by atoms with Crippen molar-refractivity contribution in [1.82, 2.24) is 15.1 Å². The number of aromatic nitrogens is 2. The lowest BCUT2D eigenvalue weighted by atomic mass is 10.1.